The van der Waals surface area contributed by atoms with E-state index in [9.17, 15) is 4.79 Å². The molecule has 1 atom stereocenters. The van der Waals surface area contributed by atoms with Crippen LogP contribution < -0.4 is 5.32 Å². The lowest BCUT2D eigenvalue weighted by molar-refractivity contribution is -0.142. The number of esters is 1. The van der Waals surface area contributed by atoms with Crippen LogP contribution in [0.4, 0.5) is 0 Å². The molecule has 0 aromatic rings. The molecule has 0 bridgehead atoms. The van der Waals surface area contributed by atoms with E-state index in [0.29, 0.717) is 12.3 Å². The second kappa shape index (κ2) is 6.02. The fourth-order valence-electron chi connectivity index (χ4n) is 1.25. The first-order valence-corrected chi connectivity index (χ1v) is 5.28. The van der Waals surface area contributed by atoms with Crippen LogP contribution in [0, 0.1) is 5.92 Å². The van der Waals surface area contributed by atoms with Crippen LogP contribution in [0.15, 0.2) is 0 Å². The summed E-state index contributed by atoms with van der Waals surface area (Å²) in [5, 5.41) is 3.41. The minimum Gasteiger partial charge on any atom is -0.469 e. The van der Waals surface area contributed by atoms with Gasteiger partial charge in [0.1, 0.15) is 0 Å². The van der Waals surface area contributed by atoms with Crippen molar-refractivity contribution in [1.29, 1.82) is 0 Å². The molecule has 14 heavy (non-hydrogen) atoms. The van der Waals surface area contributed by atoms with E-state index in [1.54, 1.807) is 0 Å². The molecule has 0 spiro atoms. The van der Waals surface area contributed by atoms with Gasteiger partial charge in [0.2, 0.25) is 0 Å². The van der Waals surface area contributed by atoms with E-state index >= 15 is 0 Å². The molecule has 0 aliphatic rings. The Balaban J connectivity index is 4.31. The Morgan fingerprint density at radius 2 is 2.07 bits per heavy atom. The maximum absolute atomic E-state index is 11.2. The number of carbonyl (C=O) groups excluding carboxylic acids is 1. The van der Waals surface area contributed by atoms with E-state index in [-0.39, 0.29) is 11.5 Å². The predicted octanol–water partition coefficient (Wildman–Crippen LogP) is 1.96. The van der Waals surface area contributed by atoms with Crippen molar-refractivity contribution in [2.24, 2.45) is 5.92 Å². The Bertz CT molecular complexity index is 180. The van der Waals surface area contributed by atoms with Gasteiger partial charge in [-0.3, -0.25) is 4.79 Å². The quantitative estimate of drug-likeness (QED) is 0.668. The summed E-state index contributed by atoms with van der Waals surface area (Å²) in [6.07, 6.45) is 1.50. The van der Waals surface area contributed by atoms with Crippen molar-refractivity contribution in [3.05, 3.63) is 0 Å². The molecule has 0 aliphatic carbocycles. The molecule has 0 heterocycles. The number of nitrogens with one attached hydrogen (secondary N) is 1. The molecule has 0 aromatic carbocycles. The normalized spacial score (nSPS) is 15.3. The van der Waals surface area contributed by atoms with Gasteiger partial charge in [-0.2, -0.15) is 0 Å². The second-order valence-electron chi connectivity index (χ2n) is 4.25. The molecule has 0 amide bonds. The van der Waals surface area contributed by atoms with Crippen molar-refractivity contribution in [1.82, 2.24) is 5.32 Å². The summed E-state index contributed by atoms with van der Waals surface area (Å²) in [4.78, 5) is 11.2. The molecule has 1 N–H and O–H groups in total. The third kappa shape index (κ3) is 4.09. The van der Waals surface area contributed by atoms with Gasteiger partial charge in [0.05, 0.1) is 13.5 Å². The zero-order valence-electron chi connectivity index (χ0n) is 10.0. The fourth-order valence-corrected chi connectivity index (χ4v) is 1.25. The van der Waals surface area contributed by atoms with Crippen LogP contribution in [-0.2, 0) is 9.53 Å². The molecule has 0 rings (SSSR count). The molecule has 0 aliphatic heterocycles. The van der Waals surface area contributed by atoms with E-state index in [1.165, 1.54) is 7.11 Å². The average Bonchev–Trinajstić information content (AvgIpc) is 2.14. The molecule has 3 nitrogen and oxygen atoms in total. The topological polar surface area (TPSA) is 38.3 Å². The lowest BCUT2D eigenvalue weighted by atomic mass is 9.85. The lowest BCUT2D eigenvalue weighted by Gasteiger charge is -2.34. The molecule has 1 unspecified atom stereocenters. The second-order valence-corrected chi connectivity index (χ2v) is 4.25. The Morgan fingerprint density at radius 3 is 2.43 bits per heavy atom. The van der Waals surface area contributed by atoms with Crippen LogP contribution >= 0.6 is 0 Å². The zero-order chi connectivity index (χ0) is 11.2. The highest BCUT2D eigenvalue weighted by Crippen LogP contribution is 2.21. The maximum Gasteiger partial charge on any atom is 0.307 e. The third-order valence-electron chi connectivity index (χ3n) is 2.79. The number of methoxy groups -OCH3 is 1. The molecule has 3 heteroatoms. The van der Waals surface area contributed by atoms with Crippen molar-refractivity contribution in [3.8, 4) is 0 Å². The standard InChI is InChI=1S/C11H23NO2/c1-6-7-12-11(4,9(2)3)8-10(13)14-5/h9,12H,6-8H2,1-5H3. The van der Waals surface area contributed by atoms with Crippen molar-refractivity contribution in [2.75, 3.05) is 13.7 Å². The largest absolute Gasteiger partial charge is 0.469 e. The Morgan fingerprint density at radius 1 is 1.50 bits per heavy atom. The lowest BCUT2D eigenvalue weighted by Crippen LogP contribution is -2.49. The van der Waals surface area contributed by atoms with Crippen LogP contribution in [0.3, 0.4) is 0 Å². The summed E-state index contributed by atoms with van der Waals surface area (Å²) in [7, 11) is 1.43. The number of ether oxygens (including phenoxy) is 1. The average molecular weight is 201 g/mol. The van der Waals surface area contributed by atoms with E-state index in [1.807, 2.05) is 0 Å². The van der Waals surface area contributed by atoms with Crippen molar-refractivity contribution < 1.29 is 9.53 Å². The summed E-state index contributed by atoms with van der Waals surface area (Å²) in [5.74, 6) is 0.262. The predicted molar refractivity (Wildman–Crippen MR) is 58.2 cm³/mol. The first kappa shape index (κ1) is 13.4. The van der Waals surface area contributed by atoms with Crippen LogP contribution in [0.5, 0.6) is 0 Å². The molecular weight excluding hydrogens is 178 g/mol. The highest BCUT2D eigenvalue weighted by molar-refractivity contribution is 5.70. The van der Waals surface area contributed by atoms with Crippen LogP contribution in [0.25, 0.3) is 0 Å². The fraction of sp³-hybridized carbons (Fsp3) is 0.909. The van der Waals surface area contributed by atoms with Crippen molar-refractivity contribution >= 4 is 5.97 Å². The molecule has 84 valence electrons. The van der Waals surface area contributed by atoms with Crippen LogP contribution in [0.2, 0.25) is 0 Å². The van der Waals surface area contributed by atoms with Gasteiger partial charge in [-0.1, -0.05) is 20.8 Å². The van der Waals surface area contributed by atoms with Gasteiger partial charge in [0, 0.05) is 5.54 Å². The van der Waals surface area contributed by atoms with Gasteiger partial charge >= 0.3 is 5.97 Å². The maximum atomic E-state index is 11.2. The molecule has 0 fully saturated rings. The van der Waals surface area contributed by atoms with Gasteiger partial charge < -0.3 is 10.1 Å². The summed E-state index contributed by atoms with van der Waals surface area (Å²) in [5.41, 5.74) is -0.150. The van der Waals surface area contributed by atoms with E-state index in [2.05, 4.69) is 33.0 Å². The van der Waals surface area contributed by atoms with Crippen molar-refractivity contribution in [2.45, 2.75) is 46.1 Å². The molecular formula is C11H23NO2. The first-order valence-electron chi connectivity index (χ1n) is 5.28. The van der Waals surface area contributed by atoms with Gasteiger partial charge in [0.15, 0.2) is 0 Å². The molecule has 0 saturated carbocycles. The van der Waals surface area contributed by atoms with Crippen molar-refractivity contribution in [3.63, 3.8) is 0 Å². The SMILES string of the molecule is CCCNC(C)(CC(=O)OC)C(C)C. The summed E-state index contributed by atoms with van der Waals surface area (Å²) in [6, 6.07) is 0. The van der Waals surface area contributed by atoms with E-state index in [0.717, 1.165) is 13.0 Å². The van der Waals surface area contributed by atoms with Crippen LogP contribution in [-0.4, -0.2) is 25.2 Å². The summed E-state index contributed by atoms with van der Waals surface area (Å²) < 4.78 is 4.70. The van der Waals surface area contributed by atoms with Gasteiger partial charge in [0.25, 0.3) is 0 Å². The highest BCUT2D eigenvalue weighted by Gasteiger charge is 2.30. The molecule has 0 saturated heterocycles. The smallest absolute Gasteiger partial charge is 0.307 e. The third-order valence-corrected chi connectivity index (χ3v) is 2.79. The molecule has 0 aromatic heterocycles. The summed E-state index contributed by atoms with van der Waals surface area (Å²) in [6.45, 7) is 9.36. The minimum atomic E-state index is -0.150. The van der Waals surface area contributed by atoms with Crippen LogP contribution in [0.1, 0.15) is 40.5 Å². The number of carbonyl (C=O) groups is 1. The minimum absolute atomic E-state index is 0.148. The monoisotopic (exact) mass is 201 g/mol. The Kier molecular flexibility index (Phi) is 5.77. The van der Waals surface area contributed by atoms with Gasteiger partial charge in [-0.15, -0.1) is 0 Å². The number of rotatable bonds is 6. The Labute approximate surface area is 87.2 Å². The summed E-state index contributed by atoms with van der Waals surface area (Å²) >= 11 is 0. The van der Waals surface area contributed by atoms with Gasteiger partial charge in [-0.25, -0.2) is 0 Å². The Hall–Kier alpha value is -0.570. The number of hydrogen-bond donors (Lipinski definition) is 1. The zero-order valence-corrected chi connectivity index (χ0v) is 10.0. The van der Waals surface area contributed by atoms with Gasteiger partial charge in [-0.05, 0) is 25.8 Å². The van der Waals surface area contributed by atoms with E-state index in [4.69, 9.17) is 4.74 Å². The number of hydrogen-bond acceptors (Lipinski definition) is 3. The molecule has 0 radical (unpaired) electrons. The first-order chi connectivity index (χ1) is 6.46. The highest BCUT2D eigenvalue weighted by atomic mass is 16.5. The van der Waals surface area contributed by atoms with E-state index < -0.39 is 0 Å².